The molecule has 2 aromatic heterocycles. The van der Waals surface area contributed by atoms with Crippen LogP contribution in [0, 0.1) is 0 Å². The highest BCUT2D eigenvalue weighted by atomic mass is 16.3. The maximum Gasteiger partial charge on any atom is 0.290 e. The number of nitrogens with zero attached hydrogens (tertiary/aromatic N) is 2. The summed E-state index contributed by atoms with van der Waals surface area (Å²) in [6, 6.07) is 13.8. The first kappa shape index (κ1) is 19.6. The van der Waals surface area contributed by atoms with Gasteiger partial charge in [-0.3, -0.25) is 14.6 Å². The lowest BCUT2D eigenvalue weighted by Crippen LogP contribution is -2.30. The van der Waals surface area contributed by atoms with Crippen LogP contribution in [0.4, 0.5) is 0 Å². The fraction of sp³-hybridized carbons (Fsp3) is 0.208. The third-order valence-electron chi connectivity index (χ3n) is 5.31. The van der Waals surface area contributed by atoms with Crippen molar-refractivity contribution in [2.75, 3.05) is 0 Å². The average Bonchev–Trinajstić information content (AvgIpc) is 3.37. The largest absolute Gasteiger partial charge is 0.503 e. The van der Waals surface area contributed by atoms with Crippen molar-refractivity contribution in [3.8, 4) is 0 Å². The van der Waals surface area contributed by atoms with Crippen molar-refractivity contribution in [3.05, 3.63) is 101 Å². The lowest BCUT2D eigenvalue weighted by Gasteiger charge is -2.27. The summed E-state index contributed by atoms with van der Waals surface area (Å²) >= 11 is 0. The summed E-state index contributed by atoms with van der Waals surface area (Å²) in [7, 11) is 0. The fourth-order valence-corrected chi connectivity index (χ4v) is 3.68. The number of aliphatic hydroxyl groups is 1. The number of aliphatic hydroxyl groups excluding tert-OH is 1. The fourth-order valence-electron chi connectivity index (χ4n) is 3.68. The maximum atomic E-state index is 13.1. The van der Waals surface area contributed by atoms with E-state index in [1.54, 1.807) is 30.6 Å². The zero-order valence-electron chi connectivity index (χ0n) is 16.8. The number of hydrogen-bond acceptors (Lipinski definition) is 5. The van der Waals surface area contributed by atoms with Crippen LogP contribution in [-0.2, 0) is 11.3 Å². The predicted molar refractivity (Wildman–Crippen MR) is 111 cm³/mol. The average molecular weight is 402 g/mol. The van der Waals surface area contributed by atoms with E-state index in [9.17, 15) is 14.7 Å². The van der Waals surface area contributed by atoms with Crippen molar-refractivity contribution in [1.29, 1.82) is 0 Å². The lowest BCUT2D eigenvalue weighted by molar-refractivity contribution is -0.130. The van der Waals surface area contributed by atoms with E-state index >= 15 is 0 Å². The molecule has 1 amide bonds. The molecule has 0 aliphatic carbocycles. The Morgan fingerprint density at radius 2 is 1.83 bits per heavy atom. The molecule has 3 heterocycles. The van der Waals surface area contributed by atoms with E-state index in [4.69, 9.17) is 4.42 Å². The highest BCUT2D eigenvalue weighted by molar-refractivity contribution is 6.14. The second-order valence-electron chi connectivity index (χ2n) is 7.58. The first-order chi connectivity index (χ1) is 14.5. The van der Waals surface area contributed by atoms with Gasteiger partial charge in [0.25, 0.3) is 5.91 Å². The number of aromatic nitrogens is 1. The Labute approximate surface area is 174 Å². The Kier molecular flexibility index (Phi) is 5.23. The number of rotatable bonds is 6. The van der Waals surface area contributed by atoms with Gasteiger partial charge in [-0.05, 0) is 46.9 Å². The maximum absolute atomic E-state index is 13.1. The molecule has 152 valence electrons. The molecule has 0 saturated heterocycles. The number of carbonyl (C=O) groups excluding carboxylic acids is 2. The van der Waals surface area contributed by atoms with Crippen LogP contribution in [0.2, 0.25) is 0 Å². The van der Waals surface area contributed by atoms with Gasteiger partial charge >= 0.3 is 0 Å². The zero-order chi connectivity index (χ0) is 21.3. The summed E-state index contributed by atoms with van der Waals surface area (Å²) in [4.78, 5) is 31.6. The van der Waals surface area contributed by atoms with E-state index in [1.807, 2.05) is 24.3 Å². The Balaban J connectivity index is 1.78. The molecule has 3 aromatic rings. The van der Waals surface area contributed by atoms with Crippen molar-refractivity contribution >= 4 is 11.7 Å². The lowest BCUT2D eigenvalue weighted by atomic mass is 9.93. The Bertz CT molecular complexity index is 1080. The second-order valence-corrected chi connectivity index (χ2v) is 7.58. The van der Waals surface area contributed by atoms with E-state index in [0.717, 1.165) is 16.7 Å². The molecule has 1 aromatic carbocycles. The van der Waals surface area contributed by atoms with Crippen LogP contribution in [0.3, 0.4) is 0 Å². The molecule has 1 N–H and O–H groups in total. The Morgan fingerprint density at radius 1 is 1.13 bits per heavy atom. The summed E-state index contributed by atoms with van der Waals surface area (Å²) in [5.74, 6) is -1.19. The zero-order valence-corrected chi connectivity index (χ0v) is 16.8. The molecule has 1 atom stereocenters. The number of ketones is 1. The molecule has 30 heavy (non-hydrogen) atoms. The molecule has 1 unspecified atom stereocenters. The summed E-state index contributed by atoms with van der Waals surface area (Å²) in [5.41, 5.74) is 2.78. The van der Waals surface area contributed by atoms with Crippen LogP contribution in [0.25, 0.3) is 0 Å². The summed E-state index contributed by atoms with van der Waals surface area (Å²) in [5, 5.41) is 10.7. The van der Waals surface area contributed by atoms with Crippen molar-refractivity contribution in [3.63, 3.8) is 0 Å². The van der Waals surface area contributed by atoms with E-state index in [0.29, 0.717) is 5.92 Å². The van der Waals surface area contributed by atoms with E-state index < -0.39 is 23.5 Å². The number of Topliss-reactive ketones (excluding diaryl/α,β-unsaturated/α-hetero) is 1. The minimum atomic E-state index is -0.718. The van der Waals surface area contributed by atoms with Crippen LogP contribution in [0.1, 0.15) is 53.1 Å². The summed E-state index contributed by atoms with van der Waals surface area (Å²) < 4.78 is 5.25. The molecule has 6 nitrogen and oxygen atoms in total. The van der Waals surface area contributed by atoms with Gasteiger partial charge < -0.3 is 14.4 Å². The molecule has 1 aliphatic heterocycles. The smallest absolute Gasteiger partial charge is 0.290 e. The van der Waals surface area contributed by atoms with Crippen molar-refractivity contribution < 1.29 is 19.1 Å². The molecule has 0 radical (unpaired) electrons. The molecule has 6 heteroatoms. The minimum absolute atomic E-state index is 0.0290. The van der Waals surface area contributed by atoms with Gasteiger partial charge in [0.05, 0.1) is 17.9 Å². The van der Waals surface area contributed by atoms with Gasteiger partial charge in [0.15, 0.2) is 11.5 Å². The van der Waals surface area contributed by atoms with Crippen molar-refractivity contribution in [2.45, 2.75) is 32.4 Å². The minimum Gasteiger partial charge on any atom is -0.503 e. The highest BCUT2D eigenvalue weighted by Crippen LogP contribution is 2.40. The van der Waals surface area contributed by atoms with Gasteiger partial charge in [-0.1, -0.05) is 38.1 Å². The normalized spacial score (nSPS) is 16.6. The predicted octanol–water partition coefficient (Wildman–Crippen LogP) is 4.58. The topological polar surface area (TPSA) is 83.6 Å². The monoisotopic (exact) mass is 402 g/mol. The van der Waals surface area contributed by atoms with E-state index in [2.05, 4.69) is 18.8 Å². The number of benzene rings is 1. The number of pyridine rings is 1. The molecule has 0 fully saturated rings. The van der Waals surface area contributed by atoms with Crippen molar-refractivity contribution in [2.24, 2.45) is 0 Å². The first-order valence-corrected chi connectivity index (χ1v) is 9.78. The highest BCUT2D eigenvalue weighted by Gasteiger charge is 2.44. The van der Waals surface area contributed by atoms with Gasteiger partial charge in [0.2, 0.25) is 5.78 Å². The van der Waals surface area contributed by atoms with Crippen LogP contribution < -0.4 is 0 Å². The van der Waals surface area contributed by atoms with Crippen LogP contribution in [0.5, 0.6) is 0 Å². The molecule has 1 aliphatic rings. The molecule has 4 rings (SSSR count). The van der Waals surface area contributed by atoms with Gasteiger partial charge in [-0.15, -0.1) is 0 Å². The van der Waals surface area contributed by atoms with Crippen LogP contribution in [0.15, 0.2) is 82.9 Å². The molecule has 0 saturated carbocycles. The van der Waals surface area contributed by atoms with Gasteiger partial charge in [-0.2, -0.15) is 0 Å². The molecular formula is C24H22N2O4. The Hall–Kier alpha value is -3.67. The number of furan rings is 1. The summed E-state index contributed by atoms with van der Waals surface area (Å²) in [6.45, 7) is 4.43. The third kappa shape index (κ3) is 3.52. The number of hydrogen-bond donors (Lipinski definition) is 1. The van der Waals surface area contributed by atoms with E-state index in [1.165, 1.54) is 17.2 Å². The van der Waals surface area contributed by atoms with E-state index in [-0.39, 0.29) is 17.9 Å². The molecule has 0 spiro atoms. The standard InChI is InChI=1S/C24H22N2O4/c1-15(2)17-5-7-18(8-6-17)21-20(22(27)19-4-3-13-30-19)23(28)24(29)26(21)14-16-9-11-25-12-10-16/h3-13,15,21,28H,14H2,1-2H3. The SMILES string of the molecule is CC(C)c1ccc(C2C(C(=O)c3ccco3)=C(O)C(=O)N2Cc2ccncc2)cc1. The third-order valence-corrected chi connectivity index (χ3v) is 5.31. The second kappa shape index (κ2) is 7.99. The van der Waals surface area contributed by atoms with Gasteiger partial charge in [-0.25, -0.2) is 0 Å². The molecular weight excluding hydrogens is 380 g/mol. The van der Waals surface area contributed by atoms with Gasteiger partial charge in [0, 0.05) is 18.9 Å². The Morgan fingerprint density at radius 3 is 2.43 bits per heavy atom. The number of carbonyl (C=O) groups is 2. The number of amides is 1. The quantitative estimate of drug-likeness (QED) is 0.610. The molecule has 0 bridgehead atoms. The first-order valence-electron chi connectivity index (χ1n) is 9.78. The van der Waals surface area contributed by atoms with Crippen LogP contribution >= 0.6 is 0 Å². The van der Waals surface area contributed by atoms with Crippen LogP contribution in [-0.4, -0.2) is 26.7 Å². The van der Waals surface area contributed by atoms with Crippen molar-refractivity contribution in [1.82, 2.24) is 9.88 Å². The summed E-state index contributed by atoms with van der Waals surface area (Å²) in [6.07, 6.45) is 4.68. The van der Waals surface area contributed by atoms with Gasteiger partial charge in [0.1, 0.15) is 0 Å².